The number of nitrogens with zero attached hydrogens (tertiary/aromatic N) is 1. The summed E-state index contributed by atoms with van der Waals surface area (Å²) in [6.07, 6.45) is 6.18. The Morgan fingerprint density at radius 2 is 1.80 bits per heavy atom. The molecule has 0 saturated carbocycles. The Hall–Kier alpha value is -1.91. The van der Waals surface area contributed by atoms with Crippen molar-refractivity contribution in [2.75, 3.05) is 0 Å². The minimum absolute atomic E-state index is 0.0415. The Labute approximate surface area is 119 Å². The van der Waals surface area contributed by atoms with Crippen molar-refractivity contribution < 1.29 is 9.72 Å². The van der Waals surface area contributed by atoms with Crippen molar-refractivity contribution in [3.05, 3.63) is 39.9 Å². The minimum Gasteiger partial charge on any atom is -0.352 e. The highest BCUT2D eigenvalue weighted by molar-refractivity contribution is 5.75. The van der Waals surface area contributed by atoms with Crippen LogP contribution in [0.4, 0.5) is 5.69 Å². The summed E-state index contributed by atoms with van der Waals surface area (Å²) in [5.74, 6) is 0.0415. The van der Waals surface area contributed by atoms with Crippen LogP contribution in [0.25, 0.3) is 0 Å². The second-order valence-electron chi connectivity index (χ2n) is 4.86. The Morgan fingerprint density at radius 3 is 2.40 bits per heavy atom. The summed E-state index contributed by atoms with van der Waals surface area (Å²) < 4.78 is 0. The molecule has 110 valence electrons. The predicted octanol–water partition coefficient (Wildman–Crippen LogP) is 3.57. The number of carbonyl (C=O) groups excluding carboxylic acids is 1. The van der Waals surface area contributed by atoms with Gasteiger partial charge in [-0.1, -0.05) is 44.7 Å². The molecule has 0 aliphatic heterocycles. The van der Waals surface area contributed by atoms with Crippen LogP contribution in [0.1, 0.15) is 51.0 Å². The lowest BCUT2D eigenvalue weighted by Gasteiger charge is -2.05. The number of rotatable bonds is 9. The third-order valence-corrected chi connectivity index (χ3v) is 3.14. The smallest absolute Gasteiger partial charge is 0.269 e. The van der Waals surface area contributed by atoms with Gasteiger partial charge in [0.1, 0.15) is 0 Å². The van der Waals surface area contributed by atoms with E-state index in [0.29, 0.717) is 13.0 Å². The standard InChI is InChI=1S/C15H22N2O3/c1-2-3-4-5-6-7-15(18)16-12-13-8-10-14(11-9-13)17(19)20/h8-11H,2-7,12H2,1H3,(H,16,18). The lowest BCUT2D eigenvalue weighted by atomic mass is 10.1. The van der Waals surface area contributed by atoms with Crippen molar-refractivity contribution in [2.45, 2.75) is 52.0 Å². The molecule has 5 nitrogen and oxygen atoms in total. The number of non-ortho nitro benzene ring substituents is 1. The average Bonchev–Trinajstić information content (AvgIpc) is 2.45. The maximum Gasteiger partial charge on any atom is 0.269 e. The normalized spacial score (nSPS) is 10.2. The number of hydrogen-bond donors (Lipinski definition) is 1. The van der Waals surface area contributed by atoms with Gasteiger partial charge in [0.15, 0.2) is 0 Å². The van der Waals surface area contributed by atoms with E-state index < -0.39 is 4.92 Å². The van der Waals surface area contributed by atoms with E-state index in [1.807, 2.05) is 0 Å². The summed E-state index contributed by atoms with van der Waals surface area (Å²) in [4.78, 5) is 21.7. The quantitative estimate of drug-likeness (QED) is 0.426. The minimum atomic E-state index is -0.432. The molecule has 0 bridgehead atoms. The van der Waals surface area contributed by atoms with Crippen LogP contribution in [0.5, 0.6) is 0 Å². The molecule has 0 saturated heterocycles. The zero-order valence-corrected chi connectivity index (χ0v) is 11.9. The summed E-state index contributed by atoms with van der Waals surface area (Å²) in [5.41, 5.74) is 0.936. The molecule has 1 aromatic carbocycles. The third-order valence-electron chi connectivity index (χ3n) is 3.14. The molecule has 0 atom stereocenters. The highest BCUT2D eigenvalue weighted by atomic mass is 16.6. The number of nitro groups is 1. The lowest BCUT2D eigenvalue weighted by molar-refractivity contribution is -0.384. The fourth-order valence-corrected chi connectivity index (χ4v) is 1.91. The van der Waals surface area contributed by atoms with Gasteiger partial charge in [0.05, 0.1) is 4.92 Å². The van der Waals surface area contributed by atoms with Crippen LogP contribution in [-0.2, 0) is 11.3 Å². The summed E-state index contributed by atoms with van der Waals surface area (Å²) in [7, 11) is 0. The molecular weight excluding hydrogens is 256 g/mol. The number of amides is 1. The Balaban J connectivity index is 2.22. The second-order valence-corrected chi connectivity index (χ2v) is 4.86. The first-order valence-electron chi connectivity index (χ1n) is 7.13. The summed E-state index contributed by atoms with van der Waals surface area (Å²) >= 11 is 0. The molecule has 0 aliphatic rings. The molecule has 0 heterocycles. The lowest BCUT2D eigenvalue weighted by Crippen LogP contribution is -2.22. The van der Waals surface area contributed by atoms with Gasteiger partial charge in [-0.15, -0.1) is 0 Å². The highest BCUT2D eigenvalue weighted by Crippen LogP contribution is 2.11. The Bertz CT molecular complexity index is 429. The van der Waals surface area contributed by atoms with Crippen molar-refractivity contribution in [1.29, 1.82) is 0 Å². The van der Waals surface area contributed by atoms with Gasteiger partial charge >= 0.3 is 0 Å². The van der Waals surface area contributed by atoms with Gasteiger partial charge < -0.3 is 5.32 Å². The molecule has 0 aromatic heterocycles. The van der Waals surface area contributed by atoms with Gasteiger partial charge in [0, 0.05) is 25.1 Å². The predicted molar refractivity (Wildman–Crippen MR) is 78.3 cm³/mol. The number of nitrogens with one attached hydrogen (secondary N) is 1. The molecule has 0 spiro atoms. The van der Waals surface area contributed by atoms with E-state index in [9.17, 15) is 14.9 Å². The molecule has 0 unspecified atom stereocenters. The number of hydrogen-bond acceptors (Lipinski definition) is 3. The molecule has 0 radical (unpaired) electrons. The van der Waals surface area contributed by atoms with E-state index in [-0.39, 0.29) is 11.6 Å². The van der Waals surface area contributed by atoms with Gasteiger partial charge in [-0.25, -0.2) is 0 Å². The topological polar surface area (TPSA) is 72.2 Å². The van der Waals surface area contributed by atoms with E-state index in [1.165, 1.54) is 31.4 Å². The van der Waals surface area contributed by atoms with Crippen molar-refractivity contribution in [3.63, 3.8) is 0 Å². The van der Waals surface area contributed by atoms with Gasteiger partial charge in [-0.05, 0) is 12.0 Å². The SMILES string of the molecule is CCCCCCCC(=O)NCc1ccc([N+](=O)[O-])cc1. The zero-order valence-electron chi connectivity index (χ0n) is 11.9. The molecule has 1 aromatic rings. The molecule has 1 N–H and O–H groups in total. The maximum absolute atomic E-state index is 11.6. The van der Waals surface area contributed by atoms with Crippen LogP contribution >= 0.6 is 0 Å². The first kappa shape index (κ1) is 16.1. The molecule has 20 heavy (non-hydrogen) atoms. The van der Waals surface area contributed by atoms with Crippen LogP contribution in [0.15, 0.2) is 24.3 Å². The average molecular weight is 278 g/mol. The summed E-state index contributed by atoms with van der Waals surface area (Å²) in [5, 5.41) is 13.3. The number of benzene rings is 1. The second kappa shape index (κ2) is 9.07. The summed E-state index contributed by atoms with van der Waals surface area (Å²) in [6.45, 7) is 2.59. The van der Waals surface area contributed by atoms with Gasteiger partial charge in [-0.3, -0.25) is 14.9 Å². The maximum atomic E-state index is 11.6. The largest absolute Gasteiger partial charge is 0.352 e. The van der Waals surface area contributed by atoms with Crippen molar-refractivity contribution in [3.8, 4) is 0 Å². The third kappa shape index (κ3) is 6.31. The van der Waals surface area contributed by atoms with E-state index in [4.69, 9.17) is 0 Å². The van der Waals surface area contributed by atoms with Crippen molar-refractivity contribution in [2.24, 2.45) is 0 Å². The van der Waals surface area contributed by atoms with E-state index in [2.05, 4.69) is 12.2 Å². The number of nitro benzene ring substituents is 1. The van der Waals surface area contributed by atoms with Gasteiger partial charge in [0.2, 0.25) is 5.91 Å². The molecule has 1 amide bonds. The van der Waals surface area contributed by atoms with E-state index >= 15 is 0 Å². The Morgan fingerprint density at radius 1 is 1.15 bits per heavy atom. The van der Waals surface area contributed by atoms with E-state index in [0.717, 1.165) is 18.4 Å². The van der Waals surface area contributed by atoms with Crippen LogP contribution in [0.2, 0.25) is 0 Å². The van der Waals surface area contributed by atoms with Crippen molar-refractivity contribution in [1.82, 2.24) is 5.32 Å². The fourth-order valence-electron chi connectivity index (χ4n) is 1.91. The molecule has 1 rings (SSSR count). The Kier molecular flexibility index (Phi) is 7.32. The summed E-state index contributed by atoms with van der Waals surface area (Å²) in [6, 6.07) is 6.23. The van der Waals surface area contributed by atoms with Crippen LogP contribution in [0, 0.1) is 10.1 Å². The molecular formula is C15H22N2O3. The zero-order chi connectivity index (χ0) is 14.8. The first-order valence-corrected chi connectivity index (χ1v) is 7.13. The number of unbranched alkanes of at least 4 members (excludes halogenated alkanes) is 4. The fraction of sp³-hybridized carbons (Fsp3) is 0.533. The van der Waals surface area contributed by atoms with Gasteiger partial charge in [-0.2, -0.15) is 0 Å². The van der Waals surface area contributed by atoms with Crippen LogP contribution in [-0.4, -0.2) is 10.8 Å². The van der Waals surface area contributed by atoms with E-state index in [1.54, 1.807) is 12.1 Å². The van der Waals surface area contributed by atoms with Crippen molar-refractivity contribution >= 4 is 11.6 Å². The first-order chi connectivity index (χ1) is 9.63. The monoisotopic (exact) mass is 278 g/mol. The molecule has 5 heteroatoms. The molecule has 0 aliphatic carbocycles. The van der Waals surface area contributed by atoms with Gasteiger partial charge in [0.25, 0.3) is 5.69 Å². The van der Waals surface area contributed by atoms with Crippen LogP contribution < -0.4 is 5.32 Å². The molecule has 0 fully saturated rings. The number of carbonyl (C=O) groups is 1. The highest BCUT2D eigenvalue weighted by Gasteiger charge is 2.05. The van der Waals surface area contributed by atoms with Crippen LogP contribution in [0.3, 0.4) is 0 Å².